The number of benzene rings is 2. The average molecular weight is 419 g/mol. The van der Waals surface area contributed by atoms with Crippen molar-refractivity contribution < 1.29 is 4.92 Å². The third-order valence-corrected chi connectivity index (χ3v) is 5.43. The Kier molecular flexibility index (Phi) is 6.03. The number of hydrogen-bond acceptors (Lipinski definition) is 7. The maximum absolute atomic E-state index is 11.8. The van der Waals surface area contributed by atoms with E-state index in [1.165, 1.54) is 5.56 Å². The minimum Gasteiger partial charge on any atom is -0.363 e. The smallest absolute Gasteiger partial charge is 0.293 e. The van der Waals surface area contributed by atoms with Gasteiger partial charge in [0.25, 0.3) is 5.69 Å². The molecule has 0 amide bonds. The summed E-state index contributed by atoms with van der Waals surface area (Å²) in [6, 6.07) is 15.6. The molecule has 3 aromatic rings. The van der Waals surface area contributed by atoms with Gasteiger partial charge in [0.15, 0.2) is 11.6 Å². The normalized spacial score (nSPS) is 15.0. The molecule has 9 heteroatoms. The van der Waals surface area contributed by atoms with Crippen LogP contribution in [0.4, 0.5) is 11.4 Å². The van der Waals surface area contributed by atoms with Crippen molar-refractivity contribution in [2.24, 2.45) is 5.10 Å². The van der Waals surface area contributed by atoms with Crippen LogP contribution in [0.2, 0.25) is 0 Å². The van der Waals surface area contributed by atoms with E-state index in [2.05, 4.69) is 37.2 Å². The molecule has 1 saturated heterocycles. The molecule has 0 saturated carbocycles. The van der Waals surface area contributed by atoms with E-state index in [-0.39, 0.29) is 10.6 Å². The van der Waals surface area contributed by atoms with Crippen molar-refractivity contribution in [3.63, 3.8) is 0 Å². The van der Waals surface area contributed by atoms with Crippen molar-refractivity contribution in [2.45, 2.75) is 20.4 Å². The Hall–Kier alpha value is -3.59. The molecule has 0 unspecified atom stereocenters. The number of anilines is 1. The van der Waals surface area contributed by atoms with Gasteiger partial charge in [0.05, 0.1) is 11.1 Å². The largest absolute Gasteiger partial charge is 0.363 e. The van der Waals surface area contributed by atoms with Crippen molar-refractivity contribution in [3.05, 3.63) is 81.4 Å². The van der Waals surface area contributed by atoms with Crippen molar-refractivity contribution >= 4 is 17.6 Å². The Balaban J connectivity index is 1.47. The number of aryl methyl sites for hydroxylation is 2. The van der Waals surface area contributed by atoms with E-state index in [0.29, 0.717) is 22.9 Å². The number of nitro benzene ring substituents is 1. The van der Waals surface area contributed by atoms with Crippen LogP contribution in [0.5, 0.6) is 0 Å². The molecular formula is C22H25N7O2. The fourth-order valence-electron chi connectivity index (χ4n) is 3.78. The zero-order valence-corrected chi connectivity index (χ0v) is 17.7. The number of nitro groups is 1. The molecule has 0 aliphatic carbocycles. The van der Waals surface area contributed by atoms with Gasteiger partial charge in [-0.15, -0.1) is 10.2 Å². The Morgan fingerprint density at radius 2 is 1.71 bits per heavy atom. The van der Waals surface area contributed by atoms with Crippen LogP contribution in [0.1, 0.15) is 22.8 Å². The fraction of sp³-hybridized carbons (Fsp3) is 0.318. The molecule has 160 valence electrons. The van der Waals surface area contributed by atoms with Crippen LogP contribution in [-0.2, 0) is 6.54 Å². The molecule has 1 aliphatic heterocycles. The van der Waals surface area contributed by atoms with Gasteiger partial charge in [0, 0.05) is 44.4 Å². The second-order valence-electron chi connectivity index (χ2n) is 7.60. The summed E-state index contributed by atoms with van der Waals surface area (Å²) in [5.41, 5.74) is 2.69. The summed E-state index contributed by atoms with van der Waals surface area (Å²) < 4.78 is 1.60. The summed E-state index contributed by atoms with van der Waals surface area (Å²) in [7, 11) is 0. The van der Waals surface area contributed by atoms with Gasteiger partial charge in [-0.25, -0.2) is 4.68 Å². The second kappa shape index (κ2) is 9.05. The quantitative estimate of drug-likeness (QED) is 0.346. The van der Waals surface area contributed by atoms with E-state index in [0.717, 1.165) is 32.7 Å². The molecule has 4 rings (SSSR count). The van der Waals surface area contributed by atoms with Gasteiger partial charge in [-0.3, -0.25) is 15.0 Å². The molecule has 0 atom stereocenters. The van der Waals surface area contributed by atoms with Crippen LogP contribution in [0.15, 0.2) is 53.6 Å². The highest BCUT2D eigenvalue weighted by atomic mass is 16.6. The van der Waals surface area contributed by atoms with Crippen molar-refractivity contribution in [3.8, 4) is 0 Å². The Morgan fingerprint density at radius 3 is 2.35 bits per heavy atom. The van der Waals surface area contributed by atoms with Gasteiger partial charge in [-0.05, 0) is 25.5 Å². The summed E-state index contributed by atoms with van der Waals surface area (Å²) in [5, 5.41) is 24.0. The van der Waals surface area contributed by atoms with Gasteiger partial charge in [0.1, 0.15) is 5.69 Å². The second-order valence-corrected chi connectivity index (χ2v) is 7.60. The summed E-state index contributed by atoms with van der Waals surface area (Å²) in [6.45, 7) is 7.73. The van der Waals surface area contributed by atoms with Gasteiger partial charge < -0.3 is 4.90 Å². The molecule has 2 heterocycles. The first kappa shape index (κ1) is 20.7. The van der Waals surface area contributed by atoms with Gasteiger partial charge in [-0.1, -0.05) is 36.4 Å². The molecule has 1 fully saturated rings. The molecular weight excluding hydrogens is 394 g/mol. The Morgan fingerprint density at radius 1 is 1.03 bits per heavy atom. The van der Waals surface area contributed by atoms with Crippen LogP contribution in [0.3, 0.4) is 0 Å². The first-order chi connectivity index (χ1) is 15.0. The highest BCUT2D eigenvalue weighted by Crippen LogP contribution is 2.30. The minimum absolute atomic E-state index is 0.0951. The fourth-order valence-corrected chi connectivity index (χ4v) is 3.78. The number of rotatable bonds is 6. The lowest BCUT2D eigenvalue weighted by molar-refractivity contribution is -0.384. The van der Waals surface area contributed by atoms with E-state index in [4.69, 9.17) is 0 Å². The maximum atomic E-state index is 11.8. The number of hydrogen-bond donors (Lipinski definition) is 0. The third-order valence-electron chi connectivity index (χ3n) is 5.43. The van der Waals surface area contributed by atoms with Gasteiger partial charge in [-0.2, -0.15) is 5.10 Å². The number of aromatic nitrogens is 3. The summed E-state index contributed by atoms with van der Waals surface area (Å²) in [4.78, 5) is 15.9. The monoisotopic (exact) mass is 419 g/mol. The molecule has 0 spiro atoms. The first-order valence-electron chi connectivity index (χ1n) is 10.2. The predicted molar refractivity (Wildman–Crippen MR) is 120 cm³/mol. The van der Waals surface area contributed by atoms with Crippen LogP contribution in [0, 0.1) is 24.0 Å². The number of nitrogens with zero attached hydrogens (tertiary/aromatic N) is 7. The average Bonchev–Trinajstić information content (AvgIpc) is 3.10. The lowest BCUT2D eigenvalue weighted by Crippen LogP contribution is -2.46. The topological polar surface area (TPSA) is 92.7 Å². The highest BCUT2D eigenvalue weighted by molar-refractivity contribution is 5.83. The third kappa shape index (κ3) is 4.77. The lowest BCUT2D eigenvalue weighted by atomic mass is 10.1. The summed E-state index contributed by atoms with van der Waals surface area (Å²) >= 11 is 0. The van der Waals surface area contributed by atoms with Gasteiger partial charge in [0.2, 0.25) is 0 Å². The Bertz CT molecular complexity index is 1070. The van der Waals surface area contributed by atoms with E-state index in [1.807, 2.05) is 30.3 Å². The molecule has 1 aliphatic rings. The van der Waals surface area contributed by atoms with Crippen LogP contribution >= 0.6 is 0 Å². The van der Waals surface area contributed by atoms with E-state index in [1.54, 1.807) is 30.8 Å². The minimum atomic E-state index is -0.321. The van der Waals surface area contributed by atoms with Crippen molar-refractivity contribution in [1.29, 1.82) is 0 Å². The maximum Gasteiger partial charge on any atom is 0.293 e. The standard InChI is InChI=1S/C22H25N7O2/c1-17-24-25-18(2)28(17)23-15-20-8-9-21(22(14-20)29(30)31)27-12-10-26(11-13-27)16-19-6-4-3-5-7-19/h3-9,14-15H,10-13,16H2,1-2H3. The number of piperazine rings is 1. The van der Waals surface area contributed by atoms with E-state index >= 15 is 0 Å². The molecule has 1 aromatic heterocycles. The zero-order chi connectivity index (χ0) is 21.8. The molecule has 31 heavy (non-hydrogen) atoms. The Labute approximate surface area is 180 Å². The van der Waals surface area contributed by atoms with Gasteiger partial charge >= 0.3 is 0 Å². The van der Waals surface area contributed by atoms with Crippen molar-refractivity contribution in [1.82, 2.24) is 19.8 Å². The lowest BCUT2D eigenvalue weighted by Gasteiger charge is -2.35. The SMILES string of the molecule is Cc1nnc(C)n1N=Cc1ccc(N2CCN(Cc3ccccc3)CC2)c([N+](=O)[O-])c1. The predicted octanol–water partition coefficient (Wildman–Crippen LogP) is 3.01. The van der Waals surface area contributed by atoms with Crippen LogP contribution in [-0.4, -0.2) is 57.1 Å². The molecule has 0 bridgehead atoms. The summed E-state index contributed by atoms with van der Waals surface area (Å²) in [5.74, 6) is 1.32. The van der Waals surface area contributed by atoms with E-state index in [9.17, 15) is 10.1 Å². The molecule has 2 aromatic carbocycles. The molecule has 0 N–H and O–H groups in total. The zero-order valence-electron chi connectivity index (χ0n) is 17.7. The molecule has 0 radical (unpaired) electrons. The highest BCUT2D eigenvalue weighted by Gasteiger charge is 2.24. The van der Waals surface area contributed by atoms with Crippen molar-refractivity contribution in [2.75, 3.05) is 31.1 Å². The molecule has 9 nitrogen and oxygen atoms in total. The summed E-state index contributed by atoms with van der Waals surface area (Å²) in [6.07, 6.45) is 1.60. The van der Waals surface area contributed by atoms with Crippen LogP contribution in [0.25, 0.3) is 0 Å². The first-order valence-corrected chi connectivity index (χ1v) is 10.2. The van der Waals surface area contributed by atoms with E-state index < -0.39 is 0 Å². The van der Waals surface area contributed by atoms with Crippen LogP contribution < -0.4 is 4.90 Å².